The van der Waals surface area contributed by atoms with Gasteiger partial charge in [-0.1, -0.05) is 44.5 Å². The molecule has 1 aromatic heterocycles. The van der Waals surface area contributed by atoms with Crippen LogP contribution in [0.15, 0.2) is 66.9 Å². The zero-order valence-corrected chi connectivity index (χ0v) is 22.2. The molecule has 1 amide bonds. The molecule has 0 spiro atoms. The smallest absolute Gasteiger partial charge is 0.251 e. The molecule has 4 aromatic rings. The molecule has 4 rings (SSSR count). The van der Waals surface area contributed by atoms with Crippen molar-refractivity contribution in [2.75, 3.05) is 6.54 Å². The van der Waals surface area contributed by atoms with E-state index in [0.717, 1.165) is 42.7 Å². The Kier molecular flexibility index (Phi) is 9.66. The van der Waals surface area contributed by atoms with Crippen molar-refractivity contribution in [3.8, 4) is 0 Å². The fraction of sp³-hybridized carbons (Fsp3) is 0.344. The molecule has 38 heavy (non-hydrogen) atoms. The van der Waals surface area contributed by atoms with E-state index in [-0.39, 0.29) is 11.9 Å². The van der Waals surface area contributed by atoms with E-state index in [9.17, 15) is 13.6 Å². The summed E-state index contributed by atoms with van der Waals surface area (Å²) in [6.45, 7) is 5.66. The molecule has 0 radical (unpaired) electrons. The summed E-state index contributed by atoms with van der Waals surface area (Å²) in [6.07, 6.45) is 7.11. The number of carbonyl (C=O) groups excluding carboxylic acids is 1. The van der Waals surface area contributed by atoms with Gasteiger partial charge in [0, 0.05) is 41.3 Å². The van der Waals surface area contributed by atoms with Crippen molar-refractivity contribution in [1.29, 1.82) is 0 Å². The lowest BCUT2D eigenvalue weighted by Gasteiger charge is -2.20. The topological polar surface area (TPSA) is 56.9 Å². The summed E-state index contributed by atoms with van der Waals surface area (Å²) in [7, 11) is 0. The van der Waals surface area contributed by atoms with Gasteiger partial charge in [0.25, 0.3) is 5.91 Å². The van der Waals surface area contributed by atoms with E-state index in [2.05, 4.69) is 53.7 Å². The number of carbonyl (C=O) groups is 1. The first-order valence-corrected chi connectivity index (χ1v) is 13.6. The number of amides is 1. The summed E-state index contributed by atoms with van der Waals surface area (Å²) < 4.78 is 27.7. The van der Waals surface area contributed by atoms with Crippen LogP contribution in [0.1, 0.15) is 65.7 Å². The van der Waals surface area contributed by atoms with Crippen molar-refractivity contribution in [1.82, 2.24) is 15.6 Å². The summed E-state index contributed by atoms with van der Waals surface area (Å²) in [4.78, 5) is 16.6. The van der Waals surface area contributed by atoms with Crippen LogP contribution >= 0.6 is 0 Å². The van der Waals surface area contributed by atoms with Crippen LogP contribution in [0.2, 0.25) is 0 Å². The average Bonchev–Trinajstić information content (AvgIpc) is 3.31. The molecule has 200 valence electrons. The predicted octanol–water partition coefficient (Wildman–Crippen LogP) is 6.87. The first kappa shape index (κ1) is 27.5. The highest BCUT2D eigenvalue weighted by Crippen LogP contribution is 2.22. The standard InChI is InChI=1S/C32H37F2N3O/c1-3-5-9-26-21-36-31-11-10-25(18-30(26)31)32(38)37-29(17-24-15-27(33)19-28(34)16-24)12-13-35-20-23-8-6-7-22(4-2)14-23/h6-8,10-11,14-16,18-19,21,29,35-36H,3-5,9,12-13,17,20H2,1-2H3,(H,37,38)/t29-/m1/s1. The Morgan fingerprint density at radius 2 is 1.74 bits per heavy atom. The average molecular weight is 518 g/mol. The van der Waals surface area contributed by atoms with Gasteiger partial charge in [-0.3, -0.25) is 4.79 Å². The second-order valence-electron chi connectivity index (χ2n) is 9.97. The number of hydrogen-bond acceptors (Lipinski definition) is 2. The molecule has 0 saturated carbocycles. The Hall–Kier alpha value is -3.51. The lowest BCUT2D eigenvalue weighted by molar-refractivity contribution is 0.0935. The number of unbranched alkanes of at least 4 members (excludes halogenated alkanes) is 1. The molecular formula is C32H37F2N3O. The van der Waals surface area contributed by atoms with Crippen LogP contribution in [-0.4, -0.2) is 23.5 Å². The lowest BCUT2D eigenvalue weighted by Crippen LogP contribution is -2.38. The first-order valence-electron chi connectivity index (χ1n) is 13.6. The summed E-state index contributed by atoms with van der Waals surface area (Å²) in [5, 5.41) is 7.63. The summed E-state index contributed by atoms with van der Waals surface area (Å²) in [6, 6.07) is 17.4. The number of H-pyrrole nitrogens is 1. The molecular weight excluding hydrogens is 480 g/mol. The van der Waals surface area contributed by atoms with Crippen LogP contribution in [-0.2, 0) is 25.8 Å². The molecule has 1 heterocycles. The number of aromatic nitrogens is 1. The largest absolute Gasteiger partial charge is 0.361 e. The predicted molar refractivity (Wildman–Crippen MR) is 150 cm³/mol. The van der Waals surface area contributed by atoms with Gasteiger partial charge in [0.2, 0.25) is 0 Å². The third-order valence-corrected chi connectivity index (χ3v) is 6.97. The van der Waals surface area contributed by atoms with Crippen molar-refractivity contribution >= 4 is 16.8 Å². The Balaban J connectivity index is 1.45. The molecule has 0 fully saturated rings. The first-order chi connectivity index (χ1) is 18.4. The number of aryl methyl sites for hydroxylation is 2. The molecule has 0 unspecified atom stereocenters. The number of rotatable bonds is 13. The van der Waals surface area contributed by atoms with Gasteiger partial charge in [0.05, 0.1) is 0 Å². The zero-order valence-electron chi connectivity index (χ0n) is 22.2. The van der Waals surface area contributed by atoms with Crippen LogP contribution in [0, 0.1) is 11.6 Å². The van der Waals surface area contributed by atoms with Crippen LogP contribution < -0.4 is 10.6 Å². The number of nitrogens with one attached hydrogen (secondary N) is 3. The third-order valence-electron chi connectivity index (χ3n) is 6.97. The lowest BCUT2D eigenvalue weighted by atomic mass is 10.0. The van der Waals surface area contributed by atoms with E-state index in [1.807, 2.05) is 24.4 Å². The molecule has 0 aliphatic rings. The Labute approximate surface area is 223 Å². The molecule has 3 aromatic carbocycles. The van der Waals surface area contributed by atoms with E-state index in [4.69, 9.17) is 0 Å². The van der Waals surface area contributed by atoms with Crippen molar-refractivity contribution in [2.45, 2.75) is 65.0 Å². The van der Waals surface area contributed by atoms with Gasteiger partial charge in [-0.15, -0.1) is 0 Å². The molecule has 0 bridgehead atoms. The molecule has 0 saturated heterocycles. The van der Waals surface area contributed by atoms with E-state index >= 15 is 0 Å². The second kappa shape index (κ2) is 13.3. The van der Waals surface area contributed by atoms with Crippen LogP contribution in [0.3, 0.4) is 0 Å². The van der Waals surface area contributed by atoms with Gasteiger partial charge in [-0.2, -0.15) is 0 Å². The maximum Gasteiger partial charge on any atom is 0.251 e. The van der Waals surface area contributed by atoms with E-state index in [1.54, 1.807) is 0 Å². The fourth-order valence-corrected chi connectivity index (χ4v) is 4.87. The monoisotopic (exact) mass is 517 g/mol. The highest BCUT2D eigenvalue weighted by molar-refractivity contribution is 5.99. The Bertz CT molecular complexity index is 1340. The van der Waals surface area contributed by atoms with Gasteiger partial charge >= 0.3 is 0 Å². The number of aromatic amines is 1. The highest BCUT2D eigenvalue weighted by Gasteiger charge is 2.17. The normalized spacial score (nSPS) is 12.1. The number of fused-ring (bicyclic) bond motifs is 1. The van der Waals surface area contributed by atoms with Crippen LogP contribution in [0.25, 0.3) is 10.9 Å². The SMILES string of the molecule is CCCCc1c[nH]c2ccc(C(=O)N[C@H](CCNCc3cccc(CC)c3)Cc3cc(F)cc(F)c3)cc12. The summed E-state index contributed by atoms with van der Waals surface area (Å²) in [5.74, 6) is -1.42. The van der Waals surface area contributed by atoms with Crippen LogP contribution in [0.5, 0.6) is 0 Å². The van der Waals surface area contributed by atoms with Crippen LogP contribution in [0.4, 0.5) is 8.78 Å². The summed E-state index contributed by atoms with van der Waals surface area (Å²) >= 11 is 0. The van der Waals surface area contributed by atoms with Gasteiger partial charge in [-0.05, 0) is 91.2 Å². The molecule has 6 heteroatoms. The zero-order chi connectivity index (χ0) is 26.9. The van der Waals surface area contributed by atoms with Crippen molar-refractivity contribution < 1.29 is 13.6 Å². The highest BCUT2D eigenvalue weighted by atomic mass is 19.1. The van der Waals surface area contributed by atoms with Crippen molar-refractivity contribution in [2.24, 2.45) is 0 Å². The van der Waals surface area contributed by atoms with E-state index in [1.165, 1.54) is 28.8 Å². The number of benzene rings is 3. The van der Waals surface area contributed by atoms with Crippen molar-refractivity contribution in [3.63, 3.8) is 0 Å². The molecule has 4 nitrogen and oxygen atoms in total. The molecule has 1 atom stereocenters. The Morgan fingerprint density at radius 1 is 0.947 bits per heavy atom. The minimum Gasteiger partial charge on any atom is -0.361 e. The maximum atomic E-state index is 13.9. The number of hydrogen-bond donors (Lipinski definition) is 3. The minimum atomic E-state index is -0.614. The van der Waals surface area contributed by atoms with E-state index < -0.39 is 11.6 Å². The quantitative estimate of drug-likeness (QED) is 0.170. The molecule has 3 N–H and O–H groups in total. The second-order valence-corrected chi connectivity index (χ2v) is 9.97. The van der Waals surface area contributed by atoms with E-state index in [0.29, 0.717) is 37.1 Å². The fourth-order valence-electron chi connectivity index (χ4n) is 4.87. The van der Waals surface area contributed by atoms with Gasteiger partial charge < -0.3 is 15.6 Å². The minimum absolute atomic E-state index is 0.188. The van der Waals surface area contributed by atoms with Gasteiger partial charge in [0.15, 0.2) is 0 Å². The van der Waals surface area contributed by atoms with Gasteiger partial charge in [-0.25, -0.2) is 8.78 Å². The maximum absolute atomic E-state index is 13.9. The third kappa shape index (κ3) is 7.51. The van der Waals surface area contributed by atoms with Gasteiger partial charge in [0.1, 0.15) is 11.6 Å². The Morgan fingerprint density at radius 3 is 2.50 bits per heavy atom. The molecule has 0 aliphatic carbocycles. The number of halogens is 2. The molecule has 0 aliphatic heterocycles. The summed E-state index contributed by atoms with van der Waals surface area (Å²) in [5.41, 5.74) is 5.81. The van der Waals surface area contributed by atoms with Crippen molar-refractivity contribution in [3.05, 3.63) is 106 Å².